The van der Waals surface area contributed by atoms with E-state index < -0.39 is 7.60 Å². The molecule has 0 saturated carbocycles. The Labute approximate surface area is 111 Å². The number of methoxy groups -OCH3 is 1. The van der Waals surface area contributed by atoms with Gasteiger partial charge < -0.3 is 13.8 Å². The van der Waals surface area contributed by atoms with Gasteiger partial charge in [0.15, 0.2) is 5.15 Å². The van der Waals surface area contributed by atoms with Gasteiger partial charge in [0.05, 0.1) is 26.5 Å². The zero-order chi connectivity index (χ0) is 13.6. The molecule has 0 aliphatic rings. The fourth-order valence-electron chi connectivity index (χ4n) is 1.41. The van der Waals surface area contributed by atoms with Crippen LogP contribution in [0, 0.1) is 0 Å². The van der Waals surface area contributed by atoms with E-state index in [0.717, 1.165) is 0 Å². The summed E-state index contributed by atoms with van der Waals surface area (Å²) in [4.78, 5) is 0. The van der Waals surface area contributed by atoms with Crippen LogP contribution in [-0.4, -0.2) is 30.5 Å². The molecular formula is C10H16ClN2O4P. The van der Waals surface area contributed by atoms with Gasteiger partial charge in [0, 0.05) is 5.56 Å². The van der Waals surface area contributed by atoms with Crippen LogP contribution in [0.3, 0.4) is 0 Å². The van der Waals surface area contributed by atoms with Gasteiger partial charge in [-0.25, -0.2) is 0 Å². The van der Waals surface area contributed by atoms with Crippen molar-refractivity contribution < 1.29 is 18.3 Å². The van der Waals surface area contributed by atoms with Crippen molar-refractivity contribution in [2.75, 3.05) is 20.3 Å². The average Bonchev–Trinajstić information content (AvgIpc) is 2.29. The quantitative estimate of drug-likeness (QED) is 0.720. The molecule has 0 spiro atoms. The molecule has 0 aromatic carbocycles. The predicted octanol–water partition coefficient (Wildman–Crippen LogP) is 2.90. The first-order chi connectivity index (χ1) is 8.54. The lowest BCUT2D eigenvalue weighted by atomic mass is 10.3. The Morgan fingerprint density at radius 1 is 1.28 bits per heavy atom. The van der Waals surface area contributed by atoms with Crippen LogP contribution in [0.5, 0.6) is 5.88 Å². The maximum absolute atomic E-state index is 12.4. The first-order valence-electron chi connectivity index (χ1n) is 5.48. The van der Waals surface area contributed by atoms with E-state index in [1.54, 1.807) is 13.8 Å². The summed E-state index contributed by atoms with van der Waals surface area (Å²) in [5, 5.41) is 7.62. The lowest BCUT2D eigenvalue weighted by Gasteiger charge is -2.17. The van der Waals surface area contributed by atoms with Crippen molar-refractivity contribution >= 4 is 19.2 Å². The molecule has 102 valence electrons. The van der Waals surface area contributed by atoms with Gasteiger partial charge in [-0.1, -0.05) is 11.6 Å². The molecule has 0 N–H and O–H groups in total. The highest BCUT2D eigenvalue weighted by Crippen LogP contribution is 2.52. The minimum absolute atomic E-state index is 0.0487. The van der Waals surface area contributed by atoms with Crippen LogP contribution in [-0.2, 0) is 19.8 Å². The van der Waals surface area contributed by atoms with Crippen molar-refractivity contribution in [3.8, 4) is 5.88 Å². The summed E-state index contributed by atoms with van der Waals surface area (Å²) in [6.45, 7) is 4.10. The molecule has 0 amide bonds. The summed E-state index contributed by atoms with van der Waals surface area (Å²) in [6, 6.07) is 1.54. The molecule has 0 aliphatic heterocycles. The highest BCUT2D eigenvalue weighted by atomic mass is 35.5. The molecule has 1 aromatic heterocycles. The Morgan fingerprint density at radius 3 is 2.39 bits per heavy atom. The number of hydrogen-bond acceptors (Lipinski definition) is 6. The first kappa shape index (κ1) is 15.4. The molecule has 0 saturated heterocycles. The number of hydrogen-bond donors (Lipinski definition) is 0. The minimum atomic E-state index is -3.21. The van der Waals surface area contributed by atoms with Crippen LogP contribution in [0.15, 0.2) is 6.07 Å². The van der Waals surface area contributed by atoms with Gasteiger partial charge >= 0.3 is 7.60 Å². The Hall–Kier alpha value is -0.680. The minimum Gasteiger partial charge on any atom is -0.480 e. The van der Waals surface area contributed by atoms with Gasteiger partial charge in [-0.2, -0.15) is 0 Å². The average molecular weight is 295 g/mol. The molecule has 0 fully saturated rings. The van der Waals surface area contributed by atoms with Crippen molar-refractivity contribution in [2.45, 2.75) is 20.0 Å². The van der Waals surface area contributed by atoms with Gasteiger partial charge in [-0.05, 0) is 19.9 Å². The molecular weight excluding hydrogens is 279 g/mol. The number of rotatable bonds is 7. The molecule has 0 bridgehead atoms. The third-order valence-corrected chi connectivity index (χ3v) is 4.23. The zero-order valence-electron chi connectivity index (χ0n) is 10.6. The van der Waals surface area contributed by atoms with Crippen LogP contribution in [0.2, 0.25) is 5.15 Å². The standard InChI is InChI=1S/C10H16ClN2O4P/c1-4-16-18(14,17-5-2)7-8-6-9(11)12-13-10(8)15-3/h6H,4-5,7H2,1-3H3. The molecule has 18 heavy (non-hydrogen) atoms. The van der Waals surface area contributed by atoms with Crippen LogP contribution in [0.25, 0.3) is 0 Å². The maximum atomic E-state index is 12.4. The van der Waals surface area contributed by atoms with E-state index in [1.165, 1.54) is 13.2 Å². The summed E-state index contributed by atoms with van der Waals surface area (Å²) in [5.74, 6) is 0.263. The van der Waals surface area contributed by atoms with E-state index in [1.807, 2.05) is 0 Å². The highest BCUT2D eigenvalue weighted by Gasteiger charge is 2.26. The van der Waals surface area contributed by atoms with Gasteiger partial charge in [-0.15, -0.1) is 10.2 Å². The number of ether oxygens (including phenoxy) is 1. The largest absolute Gasteiger partial charge is 0.480 e. The van der Waals surface area contributed by atoms with Crippen LogP contribution in [0.4, 0.5) is 0 Å². The number of halogens is 1. The van der Waals surface area contributed by atoms with E-state index in [0.29, 0.717) is 18.8 Å². The Balaban J connectivity index is 2.99. The monoisotopic (exact) mass is 294 g/mol. The number of nitrogens with zero attached hydrogens (tertiary/aromatic N) is 2. The second-order valence-electron chi connectivity index (χ2n) is 3.31. The molecule has 0 atom stereocenters. The molecule has 1 rings (SSSR count). The summed E-state index contributed by atoms with van der Waals surface area (Å²) in [5.41, 5.74) is 0.544. The first-order valence-corrected chi connectivity index (χ1v) is 7.59. The summed E-state index contributed by atoms with van der Waals surface area (Å²) in [7, 11) is -1.76. The van der Waals surface area contributed by atoms with Crippen molar-refractivity contribution in [1.82, 2.24) is 10.2 Å². The van der Waals surface area contributed by atoms with Crippen LogP contribution >= 0.6 is 19.2 Å². The fourth-order valence-corrected chi connectivity index (χ4v) is 3.26. The van der Waals surface area contributed by atoms with E-state index in [-0.39, 0.29) is 17.2 Å². The van der Waals surface area contributed by atoms with E-state index >= 15 is 0 Å². The molecule has 0 aliphatic carbocycles. The van der Waals surface area contributed by atoms with Crippen molar-refractivity contribution in [3.63, 3.8) is 0 Å². The van der Waals surface area contributed by atoms with E-state index in [4.69, 9.17) is 25.4 Å². The lowest BCUT2D eigenvalue weighted by Crippen LogP contribution is -2.03. The molecule has 0 radical (unpaired) electrons. The summed E-state index contributed by atoms with van der Waals surface area (Å²) >= 11 is 5.76. The van der Waals surface area contributed by atoms with Crippen LogP contribution in [0.1, 0.15) is 19.4 Å². The Bertz CT molecular complexity index is 434. The lowest BCUT2D eigenvalue weighted by molar-refractivity contribution is 0.218. The molecule has 1 aromatic rings. The van der Waals surface area contributed by atoms with Crippen molar-refractivity contribution in [2.24, 2.45) is 0 Å². The summed E-state index contributed by atoms with van der Waals surface area (Å²) < 4.78 is 27.8. The van der Waals surface area contributed by atoms with Gasteiger partial charge in [0.1, 0.15) is 0 Å². The maximum Gasteiger partial charge on any atom is 0.335 e. The SMILES string of the molecule is CCOP(=O)(Cc1cc(Cl)nnc1OC)OCC. The second kappa shape index (κ2) is 7.04. The molecule has 6 nitrogen and oxygen atoms in total. The Morgan fingerprint density at radius 2 is 1.89 bits per heavy atom. The summed E-state index contributed by atoms with van der Waals surface area (Å²) in [6.07, 6.45) is 0.0487. The Kier molecular flexibility index (Phi) is 6.02. The van der Waals surface area contributed by atoms with Gasteiger partial charge in [-0.3, -0.25) is 4.57 Å². The topological polar surface area (TPSA) is 70.5 Å². The highest BCUT2D eigenvalue weighted by molar-refractivity contribution is 7.53. The van der Waals surface area contributed by atoms with Crippen molar-refractivity contribution in [3.05, 3.63) is 16.8 Å². The predicted molar refractivity (Wildman–Crippen MR) is 68.2 cm³/mol. The molecule has 1 heterocycles. The van der Waals surface area contributed by atoms with Gasteiger partial charge in [0.2, 0.25) is 5.88 Å². The number of aromatic nitrogens is 2. The fraction of sp³-hybridized carbons (Fsp3) is 0.600. The normalized spacial score (nSPS) is 11.6. The third-order valence-electron chi connectivity index (χ3n) is 2.01. The van der Waals surface area contributed by atoms with E-state index in [9.17, 15) is 4.57 Å². The molecule has 8 heteroatoms. The third kappa shape index (κ3) is 4.21. The smallest absolute Gasteiger partial charge is 0.335 e. The van der Waals surface area contributed by atoms with Crippen molar-refractivity contribution in [1.29, 1.82) is 0 Å². The van der Waals surface area contributed by atoms with Crippen LogP contribution < -0.4 is 4.74 Å². The zero-order valence-corrected chi connectivity index (χ0v) is 12.2. The second-order valence-corrected chi connectivity index (χ2v) is 5.75. The molecule has 0 unspecified atom stereocenters. The van der Waals surface area contributed by atoms with E-state index in [2.05, 4.69) is 10.2 Å². The van der Waals surface area contributed by atoms with Gasteiger partial charge in [0.25, 0.3) is 0 Å².